The van der Waals surface area contributed by atoms with E-state index in [1.54, 1.807) is 6.26 Å². The lowest BCUT2D eigenvalue weighted by Crippen LogP contribution is -2.32. The van der Waals surface area contributed by atoms with Gasteiger partial charge < -0.3 is 9.15 Å². The maximum Gasteiger partial charge on any atom is 0.142 e. The third kappa shape index (κ3) is 2.34. The summed E-state index contributed by atoms with van der Waals surface area (Å²) in [5, 5.41) is 1.67. The average molecular weight is 315 g/mol. The van der Waals surface area contributed by atoms with Crippen LogP contribution in [0.4, 0.5) is 0 Å². The number of hydrogen-bond acceptors (Lipinski definition) is 4. The first-order chi connectivity index (χ1) is 10.7. The van der Waals surface area contributed by atoms with Gasteiger partial charge in [-0.25, -0.2) is 0 Å². The predicted molar refractivity (Wildman–Crippen MR) is 84.9 cm³/mol. The summed E-state index contributed by atoms with van der Waals surface area (Å²) in [7, 11) is 0. The summed E-state index contributed by atoms with van der Waals surface area (Å²) in [4.78, 5) is 6.86. The van der Waals surface area contributed by atoms with Crippen LogP contribution < -0.4 is 4.74 Å². The second kappa shape index (κ2) is 5.30. The van der Waals surface area contributed by atoms with E-state index in [1.165, 1.54) is 0 Å². The molecular formula is C17H15ClN2O2. The van der Waals surface area contributed by atoms with Gasteiger partial charge in [0.1, 0.15) is 18.2 Å². The largest absolute Gasteiger partial charge is 0.477 e. The molecule has 1 aliphatic heterocycles. The quantitative estimate of drug-likeness (QED) is 0.712. The van der Waals surface area contributed by atoms with Crippen molar-refractivity contribution >= 4 is 22.5 Å². The Morgan fingerprint density at radius 2 is 2.23 bits per heavy atom. The van der Waals surface area contributed by atoms with Crippen LogP contribution >= 0.6 is 11.6 Å². The Labute approximate surface area is 133 Å². The van der Waals surface area contributed by atoms with Gasteiger partial charge >= 0.3 is 0 Å². The van der Waals surface area contributed by atoms with Crippen LogP contribution in [0.1, 0.15) is 17.0 Å². The number of hydrogen-bond donors (Lipinski definition) is 0. The second-order valence-electron chi connectivity index (χ2n) is 5.51. The van der Waals surface area contributed by atoms with E-state index in [-0.39, 0.29) is 0 Å². The van der Waals surface area contributed by atoms with E-state index < -0.39 is 0 Å². The van der Waals surface area contributed by atoms with Gasteiger partial charge in [-0.2, -0.15) is 0 Å². The zero-order valence-electron chi connectivity index (χ0n) is 12.2. The Bertz CT molecular complexity index is 830. The molecule has 1 aromatic carbocycles. The smallest absolute Gasteiger partial charge is 0.142 e. The molecule has 5 heteroatoms. The Hall–Kier alpha value is -2.04. The lowest BCUT2D eigenvalue weighted by molar-refractivity contribution is 0.0832. The fourth-order valence-corrected chi connectivity index (χ4v) is 3.04. The van der Waals surface area contributed by atoms with Gasteiger partial charge in [0, 0.05) is 28.2 Å². The molecule has 0 aliphatic carbocycles. The molecule has 0 fully saturated rings. The van der Waals surface area contributed by atoms with Crippen molar-refractivity contribution < 1.29 is 9.15 Å². The van der Waals surface area contributed by atoms with Crippen molar-refractivity contribution in [2.75, 3.05) is 6.73 Å². The molecule has 4 rings (SSSR count). The number of fused-ring (bicyclic) bond motifs is 3. The van der Waals surface area contributed by atoms with Crippen molar-refractivity contribution in [1.82, 2.24) is 9.88 Å². The molecule has 0 N–H and O–H groups in total. The molecule has 0 radical (unpaired) electrons. The second-order valence-corrected chi connectivity index (χ2v) is 5.94. The van der Waals surface area contributed by atoms with E-state index in [9.17, 15) is 0 Å². The molecule has 0 atom stereocenters. The summed E-state index contributed by atoms with van der Waals surface area (Å²) in [5.74, 6) is 1.84. The Morgan fingerprint density at radius 1 is 1.32 bits per heavy atom. The van der Waals surface area contributed by atoms with Gasteiger partial charge in [0.05, 0.1) is 18.3 Å². The van der Waals surface area contributed by atoms with E-state index in [4.69, 9.17) is 20.8 Å². The Morgan fingerprint density at radius 3 is 3.05 bits per heavy atom. The van der Waals surface area contributed by atoms with Crippen LogP contribution in [0.3, 0.4) is 0 Å². The highest BCUT2D eigenvalue weighted by Crippen LogP contribution is 2.36. The molecule has 112 valence electrons. The fourth-order valence-electron chi connectivity index (χ4n) is 2.86. The Kier molecular flexibility index (Phi) is 3.28. The molecule has 0 bridgehead atoms. The molecule has 4 nitrogen and oxygen atoms in total. The first-order valence-electron chi connectivity index (χ1n) is 7.17. The van der Waals surface area contributed by atoms with Crippen LogP contribution in [0, 0.1) is 6.92 Å². The average Bonchev–Trinajstić information content (AvgIpc) is 3.01. The molecule has 0 unspecified atom stereocenters. The topological polar surface area (TPSA) is 38.5 Å². The maximum atomic E-state index is 6.12. The zero-order valence-corrected chi connectivity index (χ0v) is 12.9. The minimum atomic E-state index is 0.527. The van der Waals surface area contributed by atoms with Gasteiger partial charge in [-0.05, 0) is 37.3 Å². The summed E-state index contributed by atoms with van der Waals surface area (Å²) >= 11 is 6.12. The van der Waals surface area contributed by atoms with Gasteiger partial charge in [0.15, 0.2) is 0 Å². The summed E-state index contributed by atoms with van der Waals surface area (Å²) in [6.07, 6.45) is 1.69. The highest BCUT2D eigenvalue weighted by Gasteiger charge is 2.23. The molecule has 0 saturated heterocycles. The van der Waals surface area contributed by atoms with E-state index in [2.05, 4.69) is 9.88 Å². The van der Waals surface area contributed by atoms with Crippen LogP contribution in [0.15, 0.2) is 41.0 Å². The maximum absolute atomic E-state index is 6.12. The minimum absolute atomic E-state index is 0.527. The number of pyridine rings is 1. The van der Waals surface area contributed by atoms with Gasteiger partial charge in [0.2, 0.25) is 0 Å². The molecule has 3 aromatic rings. The van der Waals surface area contributed by atoms with Gasteiger partial charge in [0.25, 0.3) is 0 Å². The van der Waals surface area contributed by atoms with Crippen LogP contribution in [-0.2, 0) is 13.1 Å². The molecule has 3 heterocycles. The summed E-state index contributed by atoms with van der Waals surface area (Å²) in [5.41, 5.74) is 3.03. The molecule has 1 aliphatic rings. The summed E-state index contributed by atoms with van der Waals surface area (Å²) < 4.78 is 11.4. The van der Waals surface area contributed by atoms with Crippen molar-refractivity contribution in [2.24, 2.45) is 0 Å². The number of aromatic nitrogens is 1. The summed E-state index contributed by atoms with van der Waals surface area (Å²) in [6.45, 7) is 4.06. The minimum Gasteiger partial charge on any atom is -0.477 e. The number of rotatable bonds is 2. The lowest BCUT2D eigenvalue weighted by atomic mass is 10.1. The van der Waals surface area contributed by atoms with Crippen LogP contribution in [-0.4, -0.2) is 16.6 Å². The highest BCUT2D eigenvalue weighted by molar-refractivity contribution is 6.31. The van der Waals surface area contributed by atoms with Crippen molar-refractivity contribution in [2.45, 2.75) is 20.0 Å². The lowest BCUT2D eigenvalue weighted by Gasteiger charge is -2.30. The Balaban J connectivity index is 1.72. The highest BCUT2D eigenvalue weighted by atomic mass is 35.5. The van der Waals surface area contributed by atoms with Crippen LogP contribution in [0.25, 0.3) is 10.9 Å². The van der Waals surface area contributed by atoms with Gasteiger partial charge in [-0.3, -0.25) is 9.88 Å². The van der Waals surface area contributed by atoms with E-state index in [0.29, 0.717) is 11.8 Å². The molecule has 0 amide bonds. The van der Waals surface area contributed by atoms with E-state index >= 15 is 0 Å². The third-order valence-electron chi connectivity index (χ3n) is 3.93. The van der Waals surface area contributed by atoms with E-state index in [1.807, 2.05) is 37.3 Å². The monoisotopic (exact) mass is 314 g/mol. The molecule has 2 aromatic heterocycles. The van der Waals surface area contributed by atoms with Crippen molar-refractivity contribution in [1.29, 1.82) is 0 Å². The number of ether oxygens (including phenoxy) is 1. The normalized spacial score (nSPS) is 14.8. The summed E-state index contributed by atoms with van der Waals surface area (Å²) in [6, 6.07) is 9.58. The SMILES string of the molecule is Cc1nc2ccc(Cl)cc2c2c1CN(Cc1ccco1)CO2. The number of aryl methyl sites for hydroxylation is 1. The van der Waals surface area contributed by atoms with Crippen molar-refractivity contribution in [3.8, 4) is 5.75 Å². The molecule has 0 spiro atoms. The predicted octanol–water partition coefficient (Wildman–Crippen LogP) is 4.14. The molecular weight excluding hydrogens is 300 g/mol. The fraction of sp³-hybridized carbons (Fsp3) is 0.235. The third-order valence-corrected chi connectivity index (χ3v) is 4.17. The van der Waals surface area contributed by atoms with Crippen LogP contribution in [0.5, 0.6) is 5.75 Å². The number of benzene rings is 1. The zero-order chi connectivity index (χ0) is 15.1. The number of halogens is 1. The number of furan rings is 1. The van der Waals surface area contributed by atoms with Crippen LogP contribution in [0.2, 0.25) is 5.02 Å². The molecule has 0 saturated carbocycles. The standard InChI is InChI=1S/C17H15ClN2O2/c1-11-15-9-20(8-13-3-2-6-21-13)10-22-17(15)14-7-12(18)4-5-16(14)19-11/h2-7H,8-10H2,1H3. The van der Waals surface area contributed by atoms with Crippen molar-refractivity contribution in [3.63, 3.8) is 0 Å². The first kappa shape index (κ1) is 13.6. The van der Waals surface area contributed by atoms with Gasteiger partial charge in [-0.15, -0.1) is 0 Å². The van der Waals surface area contributed by atoms with E-state index in [0.717, 1.165) is 46.8 Å². The molecule has 22 heavy (non-hydrogen) atoms. The van der Waals surface area contributed by atoms with Crippen molar-refractivity contribution in [3.05, 3.63) is 58.6 Å². The van der Waals surface area contributed by atoms with Gasteiger partial charge in [-0.1, -0.05) is 11.6 Å². The first-order valence-corrected chi connectivity index (χ1v) is 7.55. The number of nitrogens with zero attached hydrogens (tertiary/aromatic N) is 2.